The van der Waals surface area contributed by atoms with Crippen LogP contribution in [0.5, 0.6) is 0 Å². The summed E-state index contributed by atoms with van der Waals surface area (Å²) in [7, 11) is 2.95. The van der Waals surface area contributed by atoms with Gasteiger partial charge >= 0.3 is 12.3 Å². The maximum Gasteiger partial charge on any atom is 0.408 e. The number of benzene rings is 1. The zero-order valence-corrected chi connectivity index (χ0v) is 32.4. The number of likely N-dealkylation sites (N-methyl/N-ethyl adjacent to an activating group) is 1. The largest absolute Gasteiger partial charge is 0.444 e. The number of amides is 6. The van der Waals surface area contributed by atoms with Gasteiger partial charge in [0.2, 0.25) is 29.4 Å². The van der Waals surface area contributed by atoms with Gasteiger partial charge in [0.15, 0.2) is 0 Å². The lowest BCUT2D eigenvalue weighted by atomic mass is 9.83. The highest BCUT2D eigenvalue weighted by atomic mass is 19.4. The number of piperidine rings is 1. The highest BCUT2D eigenvalue weighted by molar-refractivity contribution is 6.38. The van der Waals surface area contributed by atoms with Crippen molar-refractivity contribution >= 4 is 41.4 Å². The first-order valence-electron chi connectivity index (χ1n) is 18.6. The van der Waals surface area contributed by atoms with E-state index < -0.39 is 102 Å². The van der Waals surface area contributed by atoms with Gasteiger partial charge in [-0.2, -0.15) is 13.2 Å². The maximum absolute atomic E-state index is 14.3. The topological polar surface area (TPSA) is 183 Å². The number of ketones is 1. The Morgan fingerprint density at radius 2 is 1.55 bits per heavy atom. The van der Waals surface area contributed by atoms with E-state index in [2.05, 4.69) is 16.0 Å². The van der Waals surface area contributed by atoms with Crippen molar-refractivity contribution < 1.29 is 51.5 Å². The number of alkyl halides is 3. The van der Waals surface area contributed by atoms with E-state index in [0.717, 1.165) is 19.3 Å². The molecule has 304 valence electrons. The predicted octanol–water partition coefficient (Wildman–Crippen LogP) is 3.01. The van der Waals surface area contributed by atoms with E-state index in [4.69, 9.17) is 4.74 Å². The van der Waals surface area contributed by atoms with Gasteiger partial charge in [-0.25, -0.2) is 4.79 Å². The van der Waals surface area contributed by atoms with Gasteiger partial charge in [0.05, 0.1) is 13.0 Å². The minimum atomic E-state index is -5.00. The molecule has 0 aromatic heterocycles. The Bertz CT molecular complexity index is 1620. The maximum atomic E-state index is 14.3. The average Bonchev–Trinajstić information content (AvgIpc) is 3.40. The van der Waals surface area contributed by atoms with Crippen LogP contribution in [0.2, 0.25) is 0 Å². The normalized spacial score (nSPS) is 22.2. The molecule has 14 nitrogen and oxygen atoms in total. The summed E-state index contributed by atoms with van der Waals surface area (Å²) in [6.45, 7) is 7.98. The second-order valence-electron chi connectivity index (χ2n) is 16.5. The number of fused-ring (bicyclic) bond motifs is 1. The van der Waals surface area contributed by atoms with Crippen LogP contribution in [0.3, 0.4) is 0 Å². The summed E-state index contributed by atoms with van der Waals surface area (Å²) < 4.78 is 46.9. The van der Waals surface area contributed by atoms with E-state index in [9.17, 15) is 46.7 Å². The van der Waals surface area contributed by atoms with Crippen molar-refractivity contribution in [3.63, 3.8) is 0 Å². The third kappa shape index (κ3) is 11.0. The van der Waals surface area contributed by atoms with Crippen molar-refractivity contribution in [2.75, 3.05) is 27.2 Å². The molecule has 4 N–H and O–H groups in total. The Morgan fingerprint density at radius 1 is 0.927 bits per heavy atom. The van der Waals surface area contributed by atoms with Gasteiger partial charge in [-0.1, -0.05) is 63.4 Å². The summed E-state index contributed by atoms with van der Waals surface area (Å²) in [5.41, 5.74) is -0.897. The number of alkyl carbamates (subject to hydrolysis) is 1. The first kappa shape index (κ1) is 43.0. The molecule has 0 spiro atoms. The number of halogens is 3. The number of ether oxygens (including phenoxy) is 1. The lowest BCUT2D eigenvalue weighted by molar-refractivity contribution is -0.155. The van der Waals surface area contributed by atoms with Gasteiger partial charge < -0.3 is 35.8 Å². The Labute approximate surface area is 319 Å². The van der Waals surface area contributed by atoms with E-state index in [1.807, 2.05) is 19.2 Å². The van der Waals surface area contributed by atoms with Crippen LogP contribution in [0.15, 0.2) is 30.3 Å². The molecule has 17 heteroatoms. The van der Waals surface area contributed by atoms with Crippen molar-refractivity contribution in [1.29, 1.82) is 0 Å². The smallest absolute Gasteiger partial charge is 0.408 e. The molecule has 1 aromatic carbocycles. The van der Waals surface area contributed by atoms with Crippen LogP contribution < -0.4 is 21.3 Å². The first-order valence-corrected chi connectivity index (χ1v) is 18.6. The zero-order valence-electron chi connectivity index (χ0n) is 32.4. The van der Waals surface area contributed by atoms with Crippen LogP contribution in [0.4, 0.5) is 18.0 Å². The van der Waals surface area contributed by atoms with Gasteiger partial charge in [0, 0.05) is 20.6 Å². The molecule has 3 fully saturated rings. The molecule has 4 rings (SSSR count). The molecule has 1 aromatic rings. The Kier molecular flexibility index (Phi) is 13.3. The zero-order chi connectivity index (χ0) is 41.0. The number of nitrogens with one attached hydrogen (secondary N) is 4. The van der Waals surface area contributed by atoms with Gasteiger partial charge in [-0.15, -0.1) is 0 Å². The monoisotopic (exact) mass is 778 g/mol. The Morgan fingerprint density at radius 3 is 2.11 bits per heavy atom. The second kappa shape index (κ2) is 17.0. The lowest BCUT2D eigenvalue weighted by Gasteiger charge is -2.37. The van der Waals surface area contributed by atoms with E-state index in [1.165, 1.54) is 23.9 Å². The van der Waals surface area contributed by atoms with Crippen molar-refractivity contribution in [1.82, 2.24) is 31.1 Å². The lowest BCUT2D eigenvalue weighted by Crippen LogP contribution is -2.60. The summed E-state index contributed by atoms with van der Waals surface area (Å²) in [5, 5.41) is 9.26. The van der Waals surface area contributed by atoms with Crippen LogP contribution in [-0.2, 0) is 33.5 Å². The molecule has 0 bridgehead atoms. The summed E-state index contributed by atoms with van der Waals surface area (Å²) in [6, 6.07) is 2.29. The van der Waals surface area contributed by atoms with Crippen LogP contribution in [-0.4, -0.2) is 108 Å². The van der Waals surface area contributed by atoms with Crippen molar-refractivity contribution in [3.8, 4) is 0 Å². The number of hydrogen-bond donors (Lipinski definition) is 4. The van der Waals surface area contributed by atoms with Crippen LogP contribution in [0.1, 0.15) is 84.7 Å². The average molecular weight is 779 g/mol. The number of carbonyl (C=O) groups is 7. The molecule has 1 saturated heterocycles. The molecule has 3 aliphatic rings. The van der Waals surface area contributed by atoms with E-state index in [-0.39, 0.29) is 18.4 Å². The molecule has 6 atom stereocenters. The quantitative estimate of drug-likeness (QED) is 0.221. The van der Waals surface area contributed by atoms with Crippen molar-refractivity contribution in [2.24, 2.45) is 23.2 Å². The number of Topliss-reactive ketones (excluding diaryl/α,β-unsaturated/α-hetero) is 1. The summed E-state index contributed by atoms with van der Waals surface area (Å²) in [4.78, 5) is 95.5. The molecule has 1 aliphatic heterocycles. The van der Waals surface area contributed by atoms with Crippen LogP contribution in [0, 0.1) is 23.2 Å². The molecule has 6 amide bonds. The van der Waals surface area contributed by atoms with Gasteiger partial charge in [-0.3, -0.25) is 28.8 Å². The Hall–Kier alpha value is -4.70. The number of likely N-dealkylation sites (tertiary alicyclic amines) is 1. The summed E-state index contributed by atoms with van der Waals surface area (Å²) in [6.07, 6.45) is -3.87. The number of rotatable bonds is 13. The molecular weight excluding hydrogens is 725 g/mol. The standard InChI is InChI=1S/C38H53F3N6O8/c1-36(2,3)55-35(54)45-28(22-16-12-9-13-17-22)34(53)47-20-23-26(37(23,4)5)29(47)31(50)43-24(18-38(39,40)41)30(49)32(51)42-19-25(48)44-27(33(52)46(6)7)21-14-10-8-11-15-21/h8,10-11,14-15,22-24,26-29H,9,12-13,16-20H2,1-7H3,(H,42,51)(H,43,50)(H,44,48)(H,45,54)/t23-,24?,26?,27-,28-,29-/m0/s1. The minimum Gasteiger partial charge on any atom is -0.444 e. The summed E-state index contributed by atoms with van der Waals surface area (Å²) in [5.74, 6) is -7.18. The van der Waals surface area contributed by atoms with Gasteiger partial charge in [-0.05, 0) is 62.3 Å². The molecule has 2 saturated carbocycles. The predicted molar refractivity (Wildman–Crippen MR) is 193 cm³/mol. The van der Waals surface area contributed by atoms with E-state index >= 15 is 0 Å². The SMILES string of the molecule is CN(C)C(=O)[C@@H](NC(=O)CNC(=O)C(=O)C(CC(F)(F)F)NC(=O)[C@@H]1C2[C@H](CN1C(=O)[C@@H](NC(=O)OC(C)(C)C)C1CCCCC1)C2(C)C)c1ccccc1. The molecule has 1 heterocycles. The third-order valence-electron chi connectivity index (χ3n) is 10.6. The molecule has 0 radical (unpaired) electrons. The highest BCUT2D eigenvalue weighted by Crippen LogP contribution is 2.65. The number of hydrogen-bond acceptors (Lipinski definition) is 8. The van der Waals surface area contributed by atoms with Gasteiger partial charge in [0.1, 0.15) is 29.8 Å². The first-order chi connectivity index (χ1) is 25.5. The van der Waals surface area contributed by atoms with Crippen molar-refractivity contribution in [3.05, 3.63) is 35.9 Å². The fourth-order valence-electron chi connectivity index (χ4n) is 7.78. The fourth-order valence-corrected chi connectivity index (χ4v) is 7.78. The molecule has 55 heavy (non-hydrogen) atoms. The molecule has 2 aliphatic carbocycles. The number of nitrogens with zero attached hydrogens (tertiary/aromatic N) is 2. The van der Waals surface area contributed by atoms with E-state index in [1.54, 1.807) is 51.1 Å². The molecular formula is C38H53F3N6O8. The third-order valence-corrected chi connectivity index (χ3v) is 10.6. The van der Waals surface area contributed by atoms with E-state index in [0.29, 0.717) is 18.4 Å². The Balaban J connectivity index is 1.50. The minimum absolute atomic E-state index is 0.0988. The highest BCUT2D eigenvalue weighted by Gasteiger charge is 2.70. The fraction of sp³-hybridized carbons (Fsp3) is 0.658. The number of carbonyl (C=O) groups excluding carboxylic acids is 7. The van der Waals surface area contributed by atoms with Crippen LogP contribution in [0.25, 0.3) is 0 Å². The van der Waals surface area contributed by atoms with Gasteiger partial charge in [0.25, 0.3) is 5.91 Å². The molecule has 2 unspecified atom stereocenters. The second-order valence-corrected chi connectivity index (χ2v) is 16.5. The van der Waals surface area contributed by atoms with Crippen molar-refractivity contribution in [2.45, 2.75) is 109 Å². The van der Waals surface area contributed by atoms with Crippen LogP contribution >= 0.6 is 0 Å². The summed E-state index contributed by atoms with van der Waals surface area (Å²) >= 11 is 0.